The standard InChI is InChI=1S/C9H16N2O/c1-7(2)8(12)11-10-6-9(3)4-5-9/h6-7H,4-5H2,1-3H3,(H,11,12)/b10-6+. The van der Waals surface area contributed by atoms with Gasteiger partial charge < -0.3 is 0 Å². The van der Waals surface area contributed by atoms with Crippen LogP contribution in [0.3, 0.4) is 0 Å². The molecule has 1 aliphatic rings. The van der Waals surface area contributed by atoms with E-state index in [4.69, 9.17) is 0 Å². The quantitative estimate of drug-likeness (QED) is 0.504. The van der Waals surface area contributed by atoms with Gasteiger partial charge in [0.15, 0.2) is 0 Å². The minimum atomic E-state index is -0.0181. The molecule has 3 nitrogen and oxygen atoms in total. The molecular formula is C9H16N2O. The molecule has 3 heteroatoms. The zero-order valence-electron chi connectivity index (χ0n) is 7.92. The Balaban J connectivity index is 2.25. The molecular weight excluding hydrogens is 152 g/mol. The predicted octanol–water partition coefficient (Wildman–Crippen LogP) is 1.54. The Morgan fingerprint density at radius 1 is 1.58 bits per heavy atom. The summed E-state index contributed by atoms with van der Waals surface area (Å²) in [4.78, 5) is 11.0. The number of carbonyl (C=O) groups is 1. The molecule has 1 amide bonds. The molecule has 0 aromatic heterocycles. The molecule has 0 bridgehead atoms. The van der Waals surface area contributed by atoms with Crippen LogP contribution in [0.15, 0.2) is 5.10 Å². The van der Waals surface area contributed by atoms with Gasteiger partial charge in [0.05, 0.1) is 0 Å². The van der Waals surface area contributed by atoms with Crippen molar-refractivity contribution in [3.8, 4) is 0 Å². The lowest BCUT2D eigenvalue weighted by atomic mass is 10.2. The number of carbonyl (C=O) groups excluding carboxylic acids is 1. The van der Waals surface area contributed by atoms with Crippen molar-refractivity contribution >= 4 is 12.1 Å². The SMILES string of the molecule is CC(C)C(=O)N/N=C/C1(C)CC1. The zero-order chi connectivity index (χ0) is 9.19. The molecule has 1 N–H and O–H groups in total. The summed E-state index contributed by atoms with van der Waals surface area (Å²) in [5.74, 6) is -0.00957. The van der Waals surface area contributed by atoms with E-state index < -0.39 is 0 Å². The van der Waals surface area contributed by atoms with Crippen LogP contribution in [0.1, 0.15) is 33.6 Å². The van der Waals surface area contributed by atoms with Crippen molar-refractivity contribution in [2.24, 2.45) is 16.4 Å². The van der Waals surface area contributed by atoms with Gasteiger partial charge in [-0.2, -0.15) is 5.10 Å². The summed E-state index contributed by atoms with van der Waals surface area (Å²) in [6.45, 7) is 5.84. The highest BCUT2D eigenvalue weighted by Crippen LogP contribution is 2.42. The van der Waals surface area contributed by atoms with Gasteiger partial charge in [-0.25, -0.2) is 5.43 Å². The average molecular weight is 168 g/mol. The molecule has 68 valence electrons. The monoisotopic (exact) mass is 168 g/mol. The minimum absolute atomic E-state index is 0.00848. The van der Waals surface area contributed by atoms with Crippen LogP contribution < -0.4 is 5.43 Å². The fraction of sp³-hybridized carbons (Fsp3) is 0.778. The predicted molar refractivity (Wildman–Crippen MR) is 48.8 cm³/mol. The lowest BCUT2D eigenvalue weighted by molar-refractivity contribution is -0.123. The van der Waals surface area contributed by atoms with Crippen molar-refractivity contribution in [3.63, 3.8) is 0 Å². The van der Waals surface area contributed by atoms with E-state index in [9.17, 15) is 4.79 Å². The van der Waals surface area contributed by atoms with Crippen LogP contribution in [-0.2, 0) is 4.79 Å². The number of nitrogens with one attached hydrogen (secondary N) is 1. The maximum Gasteiger partial charge on any atom is 0.242 e. The molecule has 0 spiro atoms. The van der Waals surface area contributed by atoms with E-state index >= 15 is 0 Å². The number of nitrogens with zero attached hydrogens (tertiary/aromatic N) is 1. The Morgan fingerprint density at radius 3 is 2.58 bits per heavy atom. The van der Waals surface area contributed by atoms with Gasteiger partial charge in [0.1, 0.15) is 0 Å². The summed E-state index contributed by atoms with van der Waals surface area (Å²) in [6.07, 6.45) is 4.22. The Hall–Kier alpha value is -0.860. The summed E-state index contributed by atoms with van der Waals surface area (Å²) in [6, 6.07) is 0. The maximum atomic E-state index is 11.0. The van der Waals surface area contributed by atoms with Crippen molar-refractivity contribution in [2.75, 3.05) is 0 Å². The van der Waals surface area contributed by atoms with Gasteiger partial charge in [-0.1, -0.05) is 20.8 Å². The van der Waals surface area contributed by atoms with Gasteiger partial charge in [-0.3, -0.25) is 4.79 Å². The first kappa shape index (κ1) is 9.23. The van der Waals surface area contributed by atoms with Gasteiger partial charge in [-0.05, 0) is 12.8 Å². The van der Waals surface area contributed by atoms with Gasteiger partial charge in [0.2, 0.25) is 5.91 Å². The highest BCUT2D eigenvalue weighted by Gasteiger charge is 2.35. The van der Waals surface area contributed by atoms with Crippen LogP contribution >= 0.6 is 0 Å². The van der Waals surface area contributed by atoms with Crippen molar-refractivity contribution in [3.05, 3.63) is 0 Å². The van der Waals surface area contributed by atoms with Gasteiger partial charge in [0.25, 0.3) is 0 Å². The van der Waals surface area contributed by atoms with E-state index in [2.05, 4.69) is 17.5 Å². The van der Waals surface area contributed by atoms with Crippen molar-refractivity contribution in [1.82, 2.24) is 5.43 Å². The third-order valence-electron chi connectivity index (χ3n) is 2.11. The summed E-state index contributed by atoms with van der Waals surface area (Å²) in [7, 11) is 0. The van der Waals surface area contributed by atoms with Crippen LogP contribution in [0.25, 0.3) is 0 Å². The second-order valence-corrected chi connectivity index (χ2v) is 4.04. The number of hydrogen-bond acceptors (Lipinski definition) is 2. The number of hydrogen-bond donors (Lipinski definition) is 1. The van der Waals surface area contributed by atoms with E-state index in [1.54, 1.807) is 0 Å². The average Bonchev–Trinajstić information content (AvgIpc) is 2.68. The van der Waals surface area contributed by atoms with Gasteiger partial charge in [-0.15, -0.1) is 0 Å². The zero-order valence-corrected chi connectivity index (χ0v) is 7.92. The molecule has 1 saturated carbocycles. The molecule has 1 rings (SSSR count). The lowest BCUT2D eigenvalue weighted by Crippen LogP contribution is -2.23. The first-order valence-corrected chi connectivity index (χ1v) is 4.38. The molecule has 0 radical (unpaired) electrons. The first-order chi connectivity index (χ1) is 5.53. The van der Waals surface area contributed by atoms with E-state index in [0.29, 0.717) is 0 Å². The molecule has 0 atom stereocenters. The third kappa shape index (κ3) is 2.64. The fourth-order valence-corrected chi connectivity index (χ4v) is 0.707. The van der Waals surface area contributed by atoms with E-state index in [1.807, 2.05) is 20.1 Å². The van der Waals surface area contributed by atoms with Crippen molar-refractivity contribution in [2.45, 2.75) is 33.6 Å². The summed E-state index contributed by atoms with van der Waals surface area (Å²) in [5.41, 5.74) is 2.78. The molecule has 0 aliphatic heterocycles. The van der Waals surface area contributed by atoms with Crippen molar-refractivity contribution < 1.29 is 4.79 Å². The van der Waals surface area contributed by atoms with Crippen LogP contribution in [0.4, 0.5) is 0 Å². The molecule has 1 aliphatic carbocycles. The molecule has 1 fully saturated rings. The lowest BCUT2D eigenvalue weighted by Gasteiger charge is -2.02. The van der Waals surface area contributed by atoms with Gasteiger partial charge >= 0.3 is 0 Å². The molecule has 0 aromatic rings. The largest absolute Gasteiger partial charge is 0.273 e. The highest BCUT2D eigenvalue weighted by atomic mass is 16.2. The van der Waals surface area contributed by atoms with E-state index in [-0.39, 0.29) is 17.2 Å². The molecule has 0 unspecified atom stereocenters. The molecule has 0 heterocycles. The summed E-state index contributed by atoms with van der Waals surface area (Å²) in [5, 5.41) is 3.90. The van der Waals surface area contributed by atoms with Crippen LogP contribution in [0, 0.1) is 11.3 Å². The molecule has 0 aromatic carbocycles. The number of amides is 1. The Labute approximate surface area is 73.2 Å². The Bertz CT molecular complexity index is 205. The van der Waals surface area contributed by atoms with E-state index in [1.165, 1.54) is 12.8 Å². The third-order valence-corrected chi connectivity index (χ3v) is 2.11. The van der Waals surface area contributed by atoms with Crippen molar-refractivity contribution in [1.29, 1.82) is 0 Å². The fourth-order valence-electron chi connectivity index (χ4n) is 0.707. The van der Waals surface area contributed by atoms with Crippen LogP contribution in [0.2, 0.25) is 0 Å². The topological polar surface area (TPSA) is 41.5 Å². The summed E-state index contributed by atoms with van der Waals surface area (Å²) < 4.78 is 0. The second kappa shape index (κ2) is 3.25. The van der Waals surface area contributed by atoms with Crippen LogP contribution in [0.5, 0.6) is 0 Å². The van der Waals surface area contributed by atoms with E-state index in [0.717, 1.165) is 0 Å². The molecule has 0 saturated heterocycles. The first-order valence-electron chi connectivity index (χ1n) is 4.38. The second-order valence-electron chi connectivity index (χ2n) is 4.04. The van der Waals surface area contributed by atoms with Crippen LogP contribution in [-0.4, -0.2) is 12.1 Å². The number of hydrazone groups is 1. The maximum absolute atomic E-state index is 11.0. The Kier molecular flexibility index (Phi) is 2.50. The Morgan fingerprint density at radius 2 is 2.17 bits per heavy atom. The molecule has 12 heavy (non-hydrogen) atoms. The summed E-state index contributed by atoms with van der Waals surface area (Å²) >= 11 is 0. The number of rotatable bonds is 3. The minimum Gasteiger partial charge on any atom is -0.273 e. The smallest absolute Gasteiger partial charge is 0.242 e. The van der Waals surface area contributed by atoms with Gasteiger partial charge in [0, 0.05) is 17.5 Å². The normalized spacial score (nSPS) is 20.0. The highest BCUT2D eigenvalue weighted by molar-refractivity contribution is 5.79.